The average molecular weight is 315 g/mol. The maximum Gasteiger partial charge on any atom is 0.0659 e. The molecule has 23 heavy (non-hydrogen) atoms. The molecule has 0 saturated carbocycles. The molecule has 3 rings (SSSR count). The van der Waals surface area contributed by atoms with E-state index in [2.05, 4.69) is 28.7 Å². The van der Waals surface area contributed by atoms with Crippen LogP contribution in [0.2, 0.25) is 0 Å². The summed E-state index contributed by atoms with van der Waals surface area (Å²) in [5.74, 6) is 0. The number of benzene rings is 1. The van der Waals surface area contributed by atoms with Gasteiger partial charge >= 0.3 is 0 Å². The van der Waals surface area contributed by atoms with Gasteiger partial charge in [0, 0.05) is 43.7 Å². The van der Waals surface area contributed by atoms with Crippen molar-refractivity contribution in [2.75, 3.05) is 19.8 Å². The first-order valence-electron chi connectivity index (χ1n) is 8.29. The highest BCUT2D eigenvalue weighted by atomic mass is 16.5. The SMILES string of the molecule is OCCC1(NCc2cnn(Cc3ccccc3)c2)CCOCC1. The summed E-state index contributed by atoms with van der Waals surface area (Å²) in [6.45, 7) is 3.30. The number of aliphatic hydroxyl groups excluding tert-OH is 1. The molecule has 0 unspecified atom stereocenters. The molecule has 2 aromatic rings. The molecule has 5 heteroatoms. The van der Waals surface area contributed by atoms with Crippen molar-refractivity contribution in [3.8, 4) is 0 Å². The fraction of sp³-hybridized carbons (Fsp3) is 0.500. The van der Waals surface area contributed by atoms with Gasteiger partial charge < -0.3 is 15.2 Å². The van der Waals surface area contributed by atoms with Crippen LogP contribution in [0.3, 0.4) is 0 Å². The number of ether oxygens (including phenoxy) is 1. The molecular weight excluding hydrogens is 290 g/mol. The third-order valence-corrected chi connectivity index (χ3v) is 4.58. The minimum absolute atomic E-state index is 0.00543. The zero-order chi connectivity index (χ0) is 16.0. The smallest absolute Gasteiger partial charge is 0.0659 e. The van der Waals surface area contributed by atoms with Crippen LogP contribution in [0, 0.1) is 0 Å². The van der Waals surface area contributed by atoms with E-state index < -0.39 is 0 Å². The first-order valence-corrected chi connectivity index (χ1v) is 8.29. The molecule has 5 nitrogen and oxygen atoms in total. The summed E-state index contributed by atoms with van der Waals surface area (Å²) in [5, 5.41) is 17.4. The number of rotatable bonds is 7. The normalized spacial score (nSPS) is 17.3. The van der Waals surface area contributed by atoms with E-state index in [1.165, 1.54) is 11.1 Å². The largest absolute Gasteiger partial charge is 0.396 e. The quantitative estimate of drug-likeness (QED) is 0.820. The predicted octanol–water partition coefficient (Wildman–Crippen LogP) is 1.95. The molecule has 1 saturated heterocycles. The zero-order valence-electron chi connectivity index (χ0n) is 13.4. The lowest BCUT2D eigenvalue weighted by atomic mass is 9.86. The Morgan fingerprint density at radius 3 is 2.70 bits per heavy atom. The molecule has 0 radical (unpaired) electrons. The molecule has 1 fully saturated rings. The van der Waals surface area contributed by atoms with Crippen molar-refractivity contribution in [1.82, 2.24) is 15.1 Å². The Balaban J connectivity index is 1.58. The minimum Gasteiger partial charge on any atom is -0.396 e. The number of aromatic nitrogens is 2. The van der Waals surface area contributed by atoms with E-state index in [1.54, 1.807) is 0 Å². The Bertz CT molecular complexity index is 586. The van der Waals surface area contributed by atoms with Gasteiger partial charge in [0.2, 0.25) is 0 Å². The van der Waals surface area contributed by atoms with Crippen molar-refractivity contribution in [1.29, 1.82) is 0 Å². The van der Waals surface area contributed by atoms with Gasteiger partial charge in [-0.05, 0) is 24.8 Å². The molecule has 2 N–H and O–H groups in total. The maximum absolute atomic E-state index is 9.35. The second-order valence-electron chi connectivity index (χ2n) is 6.25. The lowest BCUT2D eigenvalue weighted by Gasteiger charge is -2.38. The van der Waals surface area contributed by atoms with Crippen LogP contribution >= 0.6 is 0 Å². The fourth-order valence-corrected chi connectivity index (χ4v) is 3.14. The van der Waals surface area contributed by atoms with Gasteiger partial charge in [0.25, 0.3) is 0 Å². The van der Waals surface area contributed by atoms with Gasteiger partial charge in [0.05, 0.1) is 12.7 Å². The van der Waals surface area contributed by atoms with Gasteiger partial charge in [-0.25, -0.2) is 0 Å². The Morgan fingerprint density at radius 1 is 1.17 bits per heavy atom. The van der Waals surface area contributed by atoms with Gasteiger partial charge in [-0.2, -0.15) is 5.10 Å². The van der Waals surface area contributed by atoms with E-state index in [1.807, 2.05) is 29.1 Å². The van der Waals surface area contributed by atoms with Crippen LogP contribution in [0.25, 0.3) is 0 Å². The number of hydrogen-bond acceptors (Lipinski definition) is 4. The lowest BCUT2D eigenvalue weighted by molar-refractivity contribution is 0.0267. The van der Waals surface area contributed by atoms with Crippen molar-refractivity contribution in [2.24, 2.45) is 0 Å². The van der Waals surface area contributed by atoms with Crippen molar-refractivity contribution >= 4 is 0 Å². The van der Waals surface area contributed by atoms with E-state index in [0.29, 0.717) is 0 Å². The summed E-state index contributed by atoms with van der Waals surface area (Å²) in [5.41, 5.74) is 2.41. The predicted molar refractivity (Wildman–Crippen MR) is 89.1 cm³/mol. The highest BCUT2D eigenvalue weighted by molar-refractivity contribution is 5.15. The second kappa shape index (κ2) is 7.73. The zero-order valence-corrected chi connectivity index (χ0v) is 13.4. The molecule has 0 bridgehead atoms. The van der Waals surface area contributed by atoms with Crippen molar-refractivity contribution < 1.29 is 9.84 Å². The number of hydrogen-bond donors (Lipinski definition) is 2. The van der Waals surface area contributed by atoms with Crippen molar-refractivity contribution in [2.45, 2.75) is 37.9 Å². The summed E-state index contributed by atoms with van der Waals surface area (Å²) in [6.07, 6.45) is 6.68. The molecule has 2 heterocycles. The first-order chi connectivity index (χ1) is 11.3. The van der Waals surface area contributed by atoms with E-state index >= 15 is 0 Å². The highest BCUT2D eigenvalue weighted by Gasteiger charge is 2.31. The van der Waals surface area contributed by atoms with Gasteiger partial charge in [-0.15, -0.1) is 0 Å². The molecule has 0 aliphatic carbocycles. The number of aliphatic hydroxyl groups is 1. The summed E-state index contributed by atoms with van der Waals surface area (Å²) in [7, 11) is 0. The fourth-order valence-electron chi connectivity index (χ4n) is 3.14. The first kappa shape index (κ1) is 16.2. The molecule has 1 aromatic carbocycles. The molecular formula is C18H25N3O2. The average Bonchev–Trinajstić information content (AvgIpc) is 3.03. The third kappa shape index (κ3) is 4.41. The van der Waals surface area contributed by atoms with Gasteiger partial charge in [-0.1, -0.05) is 30.3 Å². The molecule has 0 amide bonds. The summed E-state index contributed by atoms with van der Waals surface area (Å²) in [6, 6.07) is 10.3. The van der Waals surface area contributed by atoms with Crippen LogP contribution in [0.4, 0.5) is 0 Å². The minimum atomic E-state index is -0.00543. The molecule has 0 spiro atoms. The second-order valence-corrected chi connectivity index (χ2v) is 6.25. The van der Waals surface area contributed by atoms with Crippen molar-refractivity contribution in [3.63, 3.8) is 0 Å². The Hall–Kier alpha value is -1.69. The van der Waals surface area contributed by atoms with E-state index in [9.17, 15) is 5.11 Å². The number of nitrogens with one attached hydrogen (secondary N) is 1. The standard InChI is InChI=1S/C18H25N3O2/c22-9-6-18(7-10-23-11-8-18)19-12-17-13-20-21(15-17)14-16-4-2-1-3-5-16/h1-5,13,15,19,22H,6-12,14H2. The summed E-state index contributed by atoms with van der Waals surface area (Å²) < 4.78 is 7.42. The lowest BCUT2D eigenvalue weighted by Crippen LogP contribution is -2.49. The van der Waals surface area contributed by atoms with Crippen LogP contribution in [0.15, 0.2) is 42.7 Å². The van der Waals surface area contributed by atoms with Crippen molar-refractivity contribution in [3.05, 3.63) is 53.9 Å². The molecule has 1 aliphatic heterocycles. The van der Waals surface area contributed by atoms with Crippen LogP contribution in [0.5, 0.6) is 0 Å². The van der Waals surface area contributed by atoms with Crippen LogP contribution in [-0.4, -0.2) is 40.2 Å². The van der Waals surface area contributed by atoms with Gasteiger partial charge in [0.1, 0.15) is 0 Å². The maximum atomic E-state index is 9.35. The van der Waals surface area contributed by atoms with E-state index in [0.717, 1.165) is 45.6 Å². The van der Waals surface area contributed by atoms with Crippen LogP contribution < -0.4 is 5.32 Å². The third-order valence-electron chi connectivity index (χ3n) is 4.58. The molecule has 1 aromatic heterocycles. The Kier molecular flexibility index (Phi) is 5.43. The Morgan fingerprint density at radius 2 is 1.96 bits per heavy atom. The van der Waals surface area contributed by atoms with E-state index in [4.69, 9.17) is 4.74 Å². The van der Waals surface area contributed by atoms with E-state index in [-0.39, 0.29) is 12.1 Å². The van der Waals surface area contributed by atoms with Gasteiger partial charge in [0.15, 0.2) is 0 Å². The van der Waals surface area contributed by atoms with Crippen LogP contribution in [0.1, 0.15) is 30.4 Å². The van der Waals surface area contributed by atoms with Crippen LogP contribution in [-0.2, 0) is 17.8 Å². The highest BCUT2D eigenvalue weighted by Crippen LogP contribution is 2.24. The molecule has 0 atom stereocenters. The molecule has 1 aliphatic rings. The molecule has 124 valence electrons. The summed E-state index contributed by atoms with van der Waals surface area (Å²) in [4.78, 5) is 0. The Labute approximate surface area is 137 Å². The monoisotopic (exact) mass is 315 g/mol. The van der Waals surface area contributed by atoms with Gasteiger partial charge in [-0.3, -0.25) is 4.68 Å². The number of nitrogens with zero attached hydrogens (tertiary/aromatic N) is 2. The summed E-state index contributed by atoms with van der Waals surface area (Å²) >= 11 is 0. The topological polar surface area (TPSA) is 59.3 Å².